The number of thioether (sulfide) groups is 1. The highest BCUT2D eigenvalue weighted by Crippen LogP contribution is 2.31. The standard InChI is InChI=1S/C11H14BrFN2O2S2/c1-7-6-18-3-2-15(7)19(16,17)11-5-10(14)9(13)4-8(11)12/h4-5,7H,2-3,6,14H2,1H3. The molecule has 0 aromatic heterocycles. The molecule has 0 amide bonds. The zero-order chi connectivity index (χ0) is 14.2. The second-order valence-electron chi connectivity index (χ2n) is 4.34. The second kappa shape index (κ2) is 5.59. The number of hydrogen-bond donors (Lipinski definition) is 1. The topological polar surface area (TPSA) is 63.4 Å². The number of sulfonamides is 1. The van der Waals surface area contributed by atoms with Crippen LogP contribution in [-0.2, 0) is 10.0 Å². The van der Waals surface area contributed by atoms with E-state index < -0.39 is 15.8 Å². The summed E-state index contributed by atoms with van der Waals surface area (Å²) in [6.07, 6.45) is 0. The van der Waals surface area contributed by atoms with Gasteiger partial charge in [0.15, 0.2) is 0 Å². The third-order valence-corrected chi connectivity index (χ3v) is 7.11. The van der Waals surface area contributed by atoms with Crippen molar-refractivity contribution < 1.29 is 12.8 Å². The Balaban J connectivity index is 2.47. The summed E-state index contributed by atoms with van der Waals surface area (Å²) in [5.74, 6) is 0.888. The first kappa shape index (κ1) is 15.1. The minimum Gasteiger partial charge on any atom is -0.396 e. The van der Waals surface area contributed by atoms with Gasteiger partial charge in [-0.2, -0.15) is 16.1 Å². The first-order valence-electron chi connectivity index (χ1n) is 5.68. The molecule has 0 saturated carbocycles. The summed E-state index contributed by atoms with van der Waals surface area (Å²) < 4.78 is 40.1. The van der Waals surface area contributed by atoms with E-state index in [4.69, 9.17) is 5.73 Å². The average molecular weight is 369 g/mol. The number of benzene rings is 1. The molecule has 1 aliphatic heterocycles. The molecule has 0 radical (unpaired) electrons. The zero-order valence-electron chi connectivity index (χ0n) is 10.3. The number of anilines is 1. The van der Waals surface area contributed by atoms with E-state index in [2.05, 4.69) is 15.9 Å². The van der Waals surface area contributed by atoms with E-state index in [1.807, 2.05) is 6.92 Å². The normalized spacial score (nSPS) is 21.5. The quantitative estimate of drug-likeness (QED) is 0.813. The molecule has 0 bridgehead atoms. The molecule has 2 N–H and O–H groups in total. The summed E-state index contributed by atoms with van der Waals surface area (Å²) in [5.41, 5.74) is 5.30. The summed E-state index contributed by atoms with van der Waals surface area (Å²) in [5, 5.41) is 0. The summed E-state index contributed by atoms with van der Waals surface area (Å²) in [4.78, 5) is 0.0187. The fourth-order valence-corrected chi connectivity index (χ4v) is 5.80. The molecule has 1 atom stereocenters. The molecule has 1 heterocycles. The number of nitrogens with zero attached hydrogens (tertiary/aromatic N) is 1. The van der Waals surface area contributed by atoms with Crippen LogP contribution in [0.3, 0.4) is 0 Å². The lowest BCUT2D eigenvalue weighted by Gasteiger charge is -2.32. The Bertz CT molecular complexity index is 595. The predicted molar refractivity (Wildman–Crippen MR) is 79.2 cm³/mol. The van der Waals surface area contributed by atoms with Gasteiger partial charge >= 0.3 is 0 Å². The molecule has 0 spiro atoms. The van der Waals surface area contributed by atoms with Gasteiger partial charge in [0, 0.05) is 28.6 Å². The molecule has 1 unspecified atom stereocenters. The van der Waals surface area contributed by atoms with Gasteiger partial charge in [0.2, 0.25) is 10.0 Å². The van der Waals surface area contributed by atoms with Crippen molar-refractivity contribution in [1.82, 2.24) is 4.31 Å². The zero-order valence-corrected chi connectivity index (χ0v) is 13.5. The van der Waals surface area contributed by atoms with E-state index >= 15 is 0 Å². The third kappa shape index (κ3) is 2.91. The molecule has 19 heavy (non-hydrogen) atoms. The number of nitrogens with two attached hydrogens (primary N) is 1. The van der Waals surface area contributed by atoms with E-state index in [0.717, 1.165) is 17.6 Å². The largest absolute Gasteiger partial charge is 0.396 e. The maximum atomic E-state index is 13.3. The van der Waals surface area contributed by atoms with Crippen molar-refractivity contribution in [3.63, 3.8) is 0 Å². The van der Waals surface area contributed by atoms with Crippen LogP contribution in [0.4, 0.5) is 10.1 Å². The first-order chi connectivity index (χ1) is 8.84. The van der Waals surface area contributed by atoms with Crippen LogP contribution < -0.4 is 5.73 Å². The Morgan fingerprint density at radius 1 is 1.53 bits per heavy atom. The maximum absolute atomic E-state index is 13.3. The van der Waals surface area contributed by atoms with Gasteiger partial charge in [0.25, 0.3) is 0 Å². The van der Waals surface area contributed by atoms with E-state index in [1.54, 1.807) is 11.8 Å². The van der Waals surface area contributed by atoms with Crippen LogP contribution in [0.15, 0.2) is 21.5 Å². The molecule has 1 fully saturated rings. The molecule has 0 aliphatic carbocycles. The minimum absolute atomic E-state index is 0.0187. The lowest BCUT2D eigenvalue weighted by molar-refractivity contribution is 0.367. The van der Waals surface area contributed by atoms with E-state index in [9.17, 15) is 12.8 Å². The summed E-state index contributed by atoms with van der Waals surface area (Å²) >= 11 is 4.82. The molecular formula is C11H14BrFN2O2S2. The first-order valence-corrected chi connectivity index (χ1v) is 9.07. The number of nitrogen functional groups attached to an aromatic ring is 1. The molecule has 8 heteroatoms. The monoisotopic (exact) mass is 368 g/mol. The highest BCUT2D eigenvalue weighted by molar-refractivity contribution is 9.10. The average Bonchev–Trinajstić information content (AvgIpc) is 2.34. The lowest BCUT2D eigenvalue weighted by atomic mass is 10.3. The predicted octanol–water partition coefficient (Wildman–Crippen LogP) is 2.30. The van der Waals surface area contributed by atoms with Gasteiger partial charge in [-0.3, -0.25) is 0 Å². The highest BCUT2D eigenvalue weighted by Gasteiger charge is 2.33. The van der Waals surface area contributed by atoms with Crippen LogP contribution in [0.2, 0.25) is 0 Å². The van der Waals surface area contributed by atoms with Gasteiger partial charge in [-0.1, -0.05) is 0 Å². The van der Waals surface area contributed by atoms with Crippen molar-refractivity contribution in [3.05, 3.63) is 22.4 Å². The fraction of sp³-hybridized carbons (Fsp3) is 0.455. The Labute approximate surface area is 124 Å². The van der Waals surface area contributed by atoms with Gasteiger partial charge in [0.1, 0.15) is 5.82 Å². The molecule has 1 aromatic carbocycles. The van der Waals surface area contributed by atoms with Gasteiger partial charge in [-0.15, -0.1) is 0 Å². The molecule has 4 nitrogen and oxygen atoms in total. The summed E-state index contributed by atoms with van der Waals surface area (Å²) in [6.45, 7) is 2.32. The molecule has 1 saturated heterocycles. The molecular weight excluding hydrogens is 355 g/mol. The minimum atomic E-state index is -3.65. The van der Waals surface area contributed by atoms with E-state index in [-0.39, 0.29) is 21.1 Å². The van der Waals surface area contributed by atoms with Crippen molar-refractivity contribution in [1.29, 1.82) is 0 Å². The molecule has 1 aliphatic rings. The van der Waals surface area contributed by atoms with E-state index in [1.165, 1.54) is 10.4 Å². The van der Waals surface area contributed by atoms with Crippen molar-refractivity contribution in [2.75, 3.05) is 23.8 Å². The summed E-state index contributed by atoms with van der Waals surface area (Å²) in [7, 11) is -3.65. The van der Waals surface area contributed by atoms with Gasteiger partial charge < -0.3 is 5.73 Å². The lowest BCUT2D eigenvalue weighted by Crippen LogP contribution is -2.44. The van der Waals surface area contributed by atoms with Crippen LogP contribution in [-0.4, -0.2) is 36.8 Å². The molecule has 2 rings (SSSR count). The molecule has 106 valence electrons. The Morgan fingerprint density at radius 3 is 2.84 bits per heavy atom. The molecule has 1 aromatic rings. The Morgan fingerprint density at radius 2 is 2.21 bits per heavy atom. The van der Waals surface area contributed by atoms with Gasteiger partial charge in [-0.05, 0) is 35.0 Å². The van der Waals surface area contributed by atoms with Crippen molar-refractivity contribution >= 4 is 43.4 Å². The van der Waals surface area contributed by atoms with Crippen LogP contribution in [0, 0.1) is 5.82 Å². The maximum Gasteiger partial charge on any atom is 0.244 e. The SMILES string of the molecule is CC1CSCCN1S(=O)(=O)c1cc(N)c(F)cc1Br. The van der Waals surface area contributed by atoms with Crippen LogP contribution >= 0.6 is 27.7 Å². The van der Waals surface area contributed by atoms with Crippen LogP contribution in [0.25, 0.3) is 0 Å². The third-order valence-electron chi connectivity index (χ3n) is 2.94. The smallest absolute Gasteiger partial charge is 0.244 e. The van der Waals surface area contributed by atoms with Crippen LogP contribution in [0.5, 0.6) is 0 Å². The van der Waals surface area contributed by atoms with Gasteiger partial charge in [0.05, 0.1) is 10.6 Å². The number of rotatable bonds is 2. The Hall–Kier alpha value is -0.310. The number of hydrogen-bond acceptors (Lipinski definition) is 4. The van der Waals surface area contributed by atoms with Gasteiger partial charge in [-0.25, -0.2) is 12.8 Å². The van der Waals surface area contributed by atoms with Crippen LogP contribution in [0.1, 0.15) is 6.92 Å². The highest BCUT2D eigenvalue weighted by atomic mass is 79.9. The van der Waals surface area contributed by atoms with Crippen molar-refractivity contribution in [2.45, 2.75) is 17.9 Å². The fourth-order valence-electron chi connectivity index (χ4n) is 1.94. The Kier molecular flexibility index (Phi) is 4.44. The van der Waals surface area contributed by atoms with Crippen molar-refractivity contribution in [3.8, 4) is 0 Å². The second-order valence-corrected chi connectivity index (χ2v) is 8.21. The summed E-state index contributed by atoms with van der Waals surface area (Å²) in [6, 6.07) is 2.18. The number of halogens is 2. The van der Waals surface area contributed by atoms with Crippen molar-refractivity contribution in [2.24, 2.45) is 0 Å². The van der Waals surface area contributed by atoms with E-state index in [0.29, 0.717) is 6.54 Å².